The van der Waals surface area contributed by atoms with Gasteiger partial charge in [0.05, 0.1) is 26.9 Å². The van der Waals surface area contributed by atoms with Crippen LogP contribution in [0.4, 0.5) is 13.2 Å². The molecule has 1 aromatic carbocycles. The maximum atomic E-state index is 13.6. The van der Waals surface area contributed by atoms with Crippen LogP contribution in [0.3, 0.4) is 0 Å². The zero-order chi connectivity index (χ0) is 28.1. The summed E-state index contributed by atoms with van der Waals surface area (Å²) in [6.07, 6.45) is -4.12. The van der Waals surface area contributed by atoms with Crippen LogP contribution in [0.1, 0.15) is 57.4 Å². The van der Waals surface area contributed by atoms with Gasteiger partial charge in [0.2, 0.25) is 5.78 Å². The molecule has 0 radical (unpaired) electrons. The first-order valence-electron chi connectivity index (χ1n) is 11.8. The lowest BCUT2D eigenvalue weighted by molar-refractivity contribution is -0.141. The first kappa shape index (κ1) is 27.9. The Hall–Kier alpha value is -3.11. The highest BCUT2D eigenvalue weighted by atomic mass is 35.5. The number of carbonyl (C=O) groups excluding carboxylic acids is 2. The van der Waals surface area contributed by atoms with E-state index in [9.17, 15) is 27.6 Å². The predicted octanol–water partition coefficient (Wildman–Crippen LogP) is 6.01. The molecule has 1 N–H and O–H groups in total. The number of aliphatic carboxylic acids is 1. The Morgan fingerprint density at radius 3 is 2.47 bits per heavy atom. The Balaban J connectivity index is 1.69. The monoisotopic (exact) mass is 569 g/mol. The van der Waals surface area contributed by atoms with Crippen molar-refractivity contribution in [3.63, 3.8) is 0 Å². The summed E-state index contributed by atoms with van der Waals surface area (Å²) in [6, 6.07) is 5.13. The number of carboxylic acids is 1. The number of nitrogens with zero attached hydrogens (tertiary/aromatic N) is 3. The first-order valence-corrected chi connectivity index (χ1v) is 12.5. The number of hydrogen-bond acceptors (Lipinski definition) is 4. The number of pyridine rings is 1. The second kappa shape index (κ2) is 10.2. The summed E-state index contributed by atoms with van der Waals surface area (Å²) < 4.78 is 41.2. The van der Waals surface area contributed by atoms with Crippen molar-refractivity contribution in [3.05, 3.63) is 62.4 Å². The molecule has 0 spiro atoms. The Bertz CT molecular complexity index is 1470. The molecule has 12 heteroatoms. The van der Waals surface area contributed by atoms with Crippen molar-refractivity contribution < 1.29 is 32.7 Å². The van der Waals surface area contributed by atoms with Gasteiger partial charge in [0.25, 0.3) is 5.91 Å². The second-order valence-electron chi connectivity index (χ2n) is 9.64. The number of aromatic nitrogens is 2. The van der Waals surface area contributed by atoms with Gasteiger partial charge in [-0.3, -0.25) is 14.4 Å². The number of fused-ring (bicyclic) bond motifs is 1. The third-order valence-electron chi connectivity index (χ3n) is 7.08. The molecule has 0 unspecified atom stereocenters. The van der Waals surface area contributed by atoms with Gasteiger partial charge in [0.15, 0.2) is 0 Å². The zero-order valence-corrected chi connectivity index (χ0v) is 22.2. The van der Waals surface area contributed by atoms with E-state index in [1.807, 2.05) is 6.92 Å². The fourth-order valence-corrected chi connectivity index (χ4v) is 5.56. The summed E-state index contributed by atoms with van der Waals surface area (Å²) in [5, 5.41) is 9.28. The number of piperidine rings is 1. The summed E-state index contributed by atoms with van der Waals surface area (Å²) in [5.74, 6) is -2.10. The molecular formula is C26H24Cl2F3N3O4. The molecule has 1 fully saturated rings. The van der Waals surface area contributed by atoms with Crippen molar-refractivity contribution in [3.8, 4) is 0 Å². The van der Waals surface area contributed by atoms with Gasteiger partial charge in [0.1, 0.15) is 11.3 Å². The van der Waals surface area contributed by atoms with Gasteiger partial charge < -0.3 is 14.6 Å². The summed E-state index contributed by atoms with van der Waals surface area (Å²) in [5.41, 5.74) is -0.903. The number of halogens is 5. The van der Waals surface area contributed by atoms with Crippen LogP contribution in [0.5, 0.6) is 0 Å². The standard InChI is InChI=1S/C26H24Cl2F3N3O4/c1-12-8-19(26(29,30)31)32-24-16(12)10-18(33(24)3)23(37)21-17(27)5-4-15(22(21)28)25(38)34-7-6-14(9-20(35)36)13(2)11-34/h4-5,8,10,13-14H,6-7,9,11H2,1-3H3,(H,35,36)/t13-,14-/m1/s1. The summed E-state index contributed by atoms with van der Waals surface area (Å²) >= 11 is 12.9. The minimum atomic E-state index is -4.66. The molecule has 0 saturated carbocycles. The zero-order valence-electron chi connectivity index (χ0n) is 20.7. The molecule has 38 heavy (non-hydrogen) atoms. The van der Waals surface area contributed by atoms with Crippen molar-refractivity contribution >= 4 is 51.9 Å². The quantitative estimate of drug-likeness (QED) is 0.380. The van der Waals surface area contributed by atoms with Crippen LogP contribution in [-0.4, -0.2) is 50.3 Å². The first-order chi connectivity index (χ1) is 17.7. The number of ketones is 1. The van der Waals surface area contributed by atoms with E-state index < -0.39 is 29.5 Å². The topological polar surface area (TPSA) is 92.5 Å². The molecule has 1 aliphatic rings. The van der Waals surface area contributed by atoms with Crippen LogP contribution in [-0.2, 0) is 18.0 Å². The van der Waals surface area contributed by atoms with E-state index in [-0.39, 0.29) is 50.8 Å². The van der Waals surface area contributed by atoms with Gasteiger partial charge in [-0.25, -0.2) is 4.98 Å². The SMILES string of the molecule is Cc1cc(C(F)(F)F)nc2c1cc(C(=O)c1c(Cl)ccc(C(=O)N3CC[C@H](CC(=O)O)[C@H](C)C3)c1Cl)n2C. The lowest BCUT2D eigenvalue weighted by Crippen LogP contribution is -2.43. The number of carboxylic acid groups (broad SMARTS) is 1. The highest BCUT2D eigenvalue weighted by Crippen LogP contribution is 2.35. The van der Waals surface area contributed by atoms with E-state index in [0.29, 0.717) is 30.5 Å². The maximum absolute atomic E-state index is 13.6. The average Bonchev–Trinajstić information content (AvgIpc) is 3.16. The van der Waals surface area contributed by atoms with Crippen LogP contribution in [0.2, 0.25) is 10.0 Å². The van der Waals surface area contributed by atoms with Gasteiger partial charge in [0, 0.05) is 31.9 Å². The van der Waals surface area contributed by atoms with Crippen LogP contribution >= 0.6 is 23.2 Å². The highest BCUT2D eigenvalue weighted by Gasteiger charge is 2.35. The van der Waals surface area contributed by atoms with Crippen LogP contribution in [0, 0.1) is 18.8 Å². The molecule has 1 saturated heterocycles. The molecule has 202 valence electrons. The highest BCUT2D eigenvalue weighted by molar-refractivity contribution is 6.42. The fourth-order valence-electron chi connectivity index (χ4n) is 4.94. The summed E-state index contributed by atoms with van der Waals surface area (Å²) in [6.45, 7) is 4.03. The van der Waals surface area contributed by atoms with Gasteiger partial charge in [-0.2, -0.15) is 13.2 Å². The molecule has 3 heterocycles. The molecular weight excluding hydrogens is 546 g/mol. The maximum Gasteiger partial charge on any atom is 0.433 e. The largest absolute Gasteiger partial charge is 0.481 e. The van der Waals surface area contributed by atoms with E-state index >= 15 is 0 Å². The Morgan fingerprint density at radius 2 is 1.87 bits per heavy atom. The van der Waals surface area contributed by atoms with Crippen molar-refractivity contribution in [2.24, 2.45) is 18.9 Å². The van der Waals surface area contributed by atoms with Crippen LogP contribution in [0.15, 0.2) is 24.3 Å². The second-order valence-corrected chi connectivity index (χ2v) is 10.4. The third-order valence-corrected chi connectivity index (χ3v) is 7.79. The molecule has 4 rings (SSSR count). The van der Waals surface area contributed by atoms with Crippen LogP contribution < -0.4 is 0 Å². The minimum absolute atomic E-state index is 0.00595. The lowest BCUT2D eigenvalue weighted by atomic mass is 9.84. The number of alkyl halides is 3. The van der Waals surface area contributed by atoms with Gasteiger partial charge in [-0.15, -0.1) is 0 Å². The van der Waals surface area contributed by atoms with Gasteiger partial charge in [-0.05, 0) is 55.0 Å². The number of benzene rings is 1. The lowest BCUT2D eigenvalue weighted by Gasteiger charge is -2.36. The van der Waals surface area contributed by atoms with E-state index in [1.165, 1.54) is 36.7 Å². The number of hydrogen-bond donors (Lipinski definition) is 1. The number of rotatable bonds is 5. The Kier molecular flexibility index (Phi) is 7.51. The van der Waals surface area contributed by atoms with Crippen molar-refractivity contribution in [1.29, 1.82) is 0 Å². The number of carbonyl (C=O) groups is 3. The van der Waals surface area contributed by atoms with Crippen molar-refractivity contribution in [2.75, 3.05) is 13.1 Å². The predicted molar refractivity (Wildman–Crippen MR) is 136 cm³/mol. The van der Waals surface area contributed by atoms with Crippen LogP contribution in [0.25, 0.3) is 11.0 Å². The smallest absolute Gasteiger partial charge is 0.433 e. The molecule has 2 aromatic heterocycles. The molecule has 1 amide bonds. The molecule has 3 aromatic rings. The molecule has 0 bridgehead atoms. The molecule has 0 aliphatic carbocycles. The van der Waals surface area contributed by atoms with E-state index in [4.69, 9.17) is 28.3 Å². The summed E-state index contributed by atoms with van der Waals surface area (Å²) in [7, 11) is 1.42. The molecule has 2 atom stereocenters. The molecule has 1 aliphatic heterocycles. The Morgan fingerprint density at radius 1 is 1.18 bits per heavy atom. The van der Waals surface area contributed by atoms with E-state index in [0.717, 1.165) is 6.07 Å². The fraction of sp³-hybridized carbons (Fsp3) is 0.385. The van der Waals surface area contributed by atoms with E-state index in [1.54, 1.807) is 4.90 Å². The van der Waals surface area contributed by atoms with Gasteiger partial charge in [-0.1, -0.05) is 30.1 Å². The minimum Gasteiger partial charge on any atom is -0.481 e. The number of aryl methyl sites for hydroxylation is 2. The number of likely N-dealkylation sites (tertiary alicyclic amines) is 1. The van der Waals surface area contributed by atoms with E-state index in [2.05, 4.69) is 4.98 Å². The van der Waals surface area contributed by atoms with Gasteiger partial charge >= 0.3 is 12.1 Å². The van der Waals surface area contributed by atoms with Crippen molar-refractivity contribution in [1.82, 2.24) is 14.5 Å². The number of amides is 1. The summed E-state index contributed by atoms with van der Waals surface area (Å²) in [4.78, 5) is 43.3. The van der Waals surface area contributed by atoms with Crippen molar-refractivity contribution in [2.45, 2.75) is 32.9 Å². The Labute approximate surface area is 226 Å². The molecule has 7 nitrogen and oxygen atoms in total. The average molecular weight is 570 g/mol. The normalized spacial score (nSPS) is 18.2. The third kappa shape index (κ3) is 5.11.